The van der Waals surface area contributed by atoms with E-state index in [1.165, 1.54) is 6.26 Å². The second-order valence-corrected chi connectivity index (χ2v) is 2.42. The smallest absolute Gasteiger partial charge is 0.339 e. The highest BCUT2D eigenvalue weighted by molar-refractivity contribution is 5.21. The topological polar surface area (TPSA) is 30.2 Å². The molecule has 0 saturated heterocycles. The Morgan fingerprint density at radius 2 is 2.09 bits per heavy atom. The third-order valence-electron chi connectivity index (χ3n) is 1.81. The zero-order valence-electron chi connectivity index (χ0n) is 6.89. The van der Waals surface area contributed by atoms with Crippen LogP contribution in [0.25, 0.3) is 0 Å². The molecule has 0 aliphatic heterocycles. The lowest BCUT2D eigenvalue weighted by Crippen LogP contribution is -2.08. The SMILES string of the molecule is CCc1ccoc(=O)c1CC. The molecule has 0 radical (unpaired) electrons. The van der Waals surface area contributed by atoms with E-state index in [1.807, 2.05) is 19.9 Å². The Hall–Kier alpha value is -1.05. The Labute approximate surface area is 65.9 Å². The molecule has 0 spiro atoms. The summed E-state index contributed by atoms with van der Waals surface area (Å²) in [6.45, 7) is 4.00. The second kappa shape index (κ2) is 3.37. The summed E-state index contributed by atoms with van der Waals surface area (Å²) in [6.07, 6.45) is 3.11. The van der Waals surface area contributed by atoms with Gasteiger partial charge in [-0.1, -0.05) is 13.8 Å². The van der Waals surface area contributed by atoms with Crippen molar-refractivity contribution < 1.29 is 4.42 Å². The van der Waals surface area contributed by atoms with E-state index in [-0.39, 0.29) is 5.63 Å². The first-order valence-corrected chi connectivity index (χ1v) is 3.89. The zero-order valence-corrected chi connectivity index (χ0v) is 6.89. The minimum Gasteiger partial charge on any atom is -0.431 e. The fourth-order valence-electron chi connectivity index (χ4n) is 1.18. The maximum absolute atomic E-state index is 11.1. The average molecular weight is 152 g/mol. The van der Waals surface area contributed by atoms with Crippen molar-refractivity contribution in [2.45, 2.75) is 26.7 Å². The first-order chi connectivity index (χ1) is 5.29. The first-order valence-electron chi connectivity index (χ1n) is 3.89. The predicted octanol–water partition coefficient (Wildman–Crippen LogP) is 1.76. The van der Waals surface area contributed by atoms with E-state index in [2.05, 4.69) is 0 Å². The molecule has 60 valence electrons. The first kappa shape index (κ1) is 8.05. The Kier molecular flexibility index (Phi) is 2.47. The Bertz CT molecular complexity index is 286. The number of hydrogen-bond donors (Lipinski definition) is 0. The van der Waals surface area contributed by atoms with Gasteiger partial charge in [0.1, 0.15) is 0 Å². The Morgan fingerprint density at radius 3 is 2.55 bits per heavy atom. The van der Waals surface area contributed by atoms with Crippen molar-refractivity contribution in [3.8, 4) is 0 Å². The zero-order chi connectivity index (χ0) is 8.27. The van der Waals surface area contributed by atoms with Gasteiger partial charge in [0.2, 0.25) is 0 Å². The maximum atomic E-state index is 11.1. The van der Waals surface area contributed by atoms with Gasteiger partial charge in [-0.15, -0.1) is 0 Å². The average Bonchev–Trinajstić information content (AvgIpc) is 2.04. The van der Waals surface area contributed by atoms with Gasteiger partial charge in [0.25, 0.3) is 0 Å². The van der Waals surface area contributed by atoms with Gasteiger partial charge >= 0.3 is 5.63 Å². The van der Waals surface area contributed by atoms with E-state index in [0.29, 0.717) is 0 Å². The normalized spacial score (nSPS) is 10.0. The highest BCUT2D eigenvalue weighted by atomic mass is 16.4. The number of hydrogen-bond acceptors (Lipinski definition) is 2. The van der Waals surface area contributed by atoms with E-state index in [1.54, 1.807) is 0 Å². The molecule has 0 N–H and O–H groups in total. The van der Waals surface area contributed by atoms with Gasteiger partial charge in [0.05, 0.1) is 6.26 Å². The summed E-state index contributed by atoms with van der Waals surface area (Å²) in [5, 5.41) is 0. The fraction of sp³-hybridized carbons (Fsp3) is 0.444. The van der Waals surface area contributed by atoms with E-state index < -0.39 is 0 Å². The quantitative estimate of drug-likeness (QED) is 0.646. The van der Waals surface area contributed by atoms with E-state index in [0.717, 1.165) is 24.0 Å². The third kappa shape index (κ3) is 1.50. The summed E-state index contributed by atoms with van der Waals surface area (Å²) >= 11 is 0. The van der Waals surface area contributed by atoms with E-state index >= 15 is 0 Å². The molecule has 11 heavy (non-hydrogen) atoms. The molecule has 0 atom stereocenters. The van der Waals surface area contributed by atoms with Gasteiger partial charge in [0, 0.05) is 5.56 Å². The van der Waals surface area contributed by atoms with Gasteiger partial charge in [-0.3, -0.25) is 0 Å². The standard InChI is InChI=1S/C9H12O2/c1-3-7-5-6-11-9(10)8(7)4-2/h5-6H,3-4H2,1-2H3. The van der Waals surface area contributed by atoms with E-state index in [4.69, 9.17) is 4.42 Å². The summed E-state index contributed by atoms with van der Waals surface area (Å²) in [5.74, 6) is 0. The molecule has 1 heterocycles. The molecule has 1 rings (SSSR count). The highest BCUT2D eigenvalue weighted by Crippen LogP contribution is 2.04. The van der Waals surface area contributed by atoms with Gasteiger partial charge < -0.3 is 4.42 Å². The van der Waals surface area contributed by atoms with Crippen molar-refractivity contribution in [3.05, 3.63) is 33.9 Å². The molecule has 0 aromatic carbocycles. The summed E-state index contributed by atoms with van der Waals surface area (Å²) < 4.78 is 4.74. The number of rotatable bonds is 2. The van der Waals surface area contributed by atoms with Crippen LogP contribution >= 0.6 is 0 Å². The van der Waals surface area contributed by atoms with E-state index in [9.17, 15) is 4.79 Å². The molecule has 0 saturated carbocycles. The summed E-state index contributed by atoms with van der Waals surface area (Å²) in [7, 11) is 0. The van der Waals surface area contributed by atoms with Crippen LogP contribution in [0.4, 0.5) is 0 Å². The van der Waals surface area contributed by atoms with Crippen molar-refractivity contribution in [1.82, 2.24) is 0 Å². The van der Waals surface area contributed by atoms with Crippen LogP contribution in [-0.4, -0.2) is 0 Å². The molecule has 0 aliphatic carbocycles. The van der Waals surface area contributed by atoms with Crippen LogP contribution in [-0.2, 0) is 12.8 Å². The van der Waals surface area contributed by atoms with Crippen molar-refractivity contribution in [3.63, 3.8) is 0 Å². The molecule has 2 heteroatoms. The summed E-state index contributed by atoms with van der Waals surface area (Å²) in [4.78, 5) is 11.1. The summed E-state index contributed by atoms with van der Waals surface area (Å²) in [6, 6.07) is 1.86. The Morgan fingerprint density at radius 1 is 1.36 bits per heavy atom. The van der Waals surface area contributed by atoms with Crippen LogP contribution in [0.5, 0.6) is 0 Å². The lowest BCUT2D eigenvalue weighted by atomic mass is 10.1. The van der Waals surface area contributed by atoms with Gasteiger partial charge in [-0.25, -0.2) is 4.79 Å². The molecule has 0 bridgehead atoms. The molecular weight excluding hydrogens is 140 g/mol. The molecular formula is C9H12O2. The minimum atomic E-state index is -0.188. The lowest BCUT2D eigenvalue weighted by Gasteiger charge is -2.00. The molecule has 0 fully saturated rings. The lowest BCUT2D eigenvalue weighted by molar-refractivity contribution is 0.499. The van der Waals surface area contributed by atoms with Crippen LogP contribution in [0.15, 0.2) is 21.5 Å². The molecule has 1 aromatic heterocycles. The fourth-order valence-corrected chi connectivity index (χ4v) is 1.18. The maximum Gasteiger partial charge on any atom is 0.339 e. The van der Waals surface area contributed by atoms with Crippen LogP contribution < -0.4 is 5.63 Å². The van der Waals surface area contributed by atoms with Crippen LogP contribution in [0.3, 0.4) is 0 Å². The molecule has 0 aliphatic rings. The van der Waals surface area contributed by atoms with Gasteiger partial charge in [-0.2, -0.15) is 0 Å². The molecule has 0 amide bonds. The molecule has 0 unspecified atom stereocenters. The Balaban J connectivity index is 3.24. The molecule has 1 aromatic rings. The number of aryl methyl sites for hydroxylation is 1. The largest absolute Gasteiger partial charge is 0.431 e. The molecule has 2 nitrogen and oxygen atoms in total. The van der Waals surface area contributed by atoms with Gasteiger partial charge in [-0.05, 0) is 24.5 Å². The highest BCUT2D eigenvalue weighted by Gasteiger charge is 2.02. The van der Waals surface area contributed by atoms with Crippen molar-refractivity contribution >= 4 is 0 Å². The minimum absolute atomic E-state index is 0.188. The third-order valence-corrected chi connectivity index (χ3v) is 1.81. The van der Waals surface area contributed by atoms with Crippen LogP contribution in [0, 0.1) is 0 Å². The van der Waals surface area contributed by atoms with Crippen LogP contribution in [0.2, 0.25) is 0 Å². The van der Waals surface area contributed by atoms with Crippen LogP contribution in [0.1, 0.15) is 25.0 Å². The predicted molar refractivity (Wildman–Crippen MR) is 43.7 cm³/mol. The van der Waals surface area contributed by atoms with Crippen molar-refractivity contribution in [1.29, 1.82) is 0 Å². The van der Waals surface area contributed by atoms with Crippen molar-refractivity contribution in [2.75, 3.05) is 0 Å². The summed E-state index contributed by atoms with van der Waals surface area (Å²) in [5.41, 5.74) is 1.73. The van der Waals surface area contributed by atoms with Crippen molar-refractivity contribution in [2.24, 2.45) is 0 Å². The van der Waals surface area contributed by atoms with Gasteiger partial charge in [0.15, 0.2) is 0 Å². The second-order valence-electron chi connectivity index (χ2n) is 2.42. The monoisotopic (exact) mass is 152 g/mol.